The fraction of sp³-hybridized carbons (Fsp3) is 0.667. The van der Waals surface area contributed by atoms with E-state index in [0.717, 1.165) is 51.6 Å². The molecular weight excluding hydrogens is 302 g/mol. The number of rotatable bonds is 5. The van der Waals surface area contributed by atoms with Crippen molar-refractivity contribution in [3.63, 3.8) is 0 Å². The van der Waals surface area contributed by atoms with Crippen LogP contribution in [0.1, 0.15) is 19.3 Å². The van der Waals surface area contributed by atoms with Gasteiger partial charge in [0, 0.05) is 57.9 Å². The first-order valence-corrected chi connectivity index (χ1v) is 9.09. The van der Waals surface area contributed by atoms with E-state index in [1.54, 1.807) is 0 Å². The summed E-state index contributed by atoms with van der Waals surface area (Å²) < 4.78 is 0. The van der Waals surface area contributed by atoms with E-state index in [2.05, 4.69) is 20.1 Å². The molecule has 0 radical (unpaired) electrons. The summed E-state index contributed by atoms with van der Waals surface area (Å²) in [6.07, 6.45) is 4.93. The molecular formula is C18H29N5O. The Morgan fingerprint density at radius 3 is 2.79 bits per heavy atom. The minimum atomic E-state index is 0.294. The summed E-state index contributed by atoms with van der Waals surface area (Å²) in [5.74, 6) is 1.30. The number of nitrogens with zero attached hydrogens (tertiary/aromatic N) is 4. The smallest absolute Gasteiger partial charge is 0.223 e. The lowest BCUT2D eigenvalue weighted by Gasteiger charge is -2.36. The van der Waals surface area contributed by atoms with E-state index < -0.39 is 0 Å². The van der Waals surface area contributed by atoms with Crippen LogP contribution < -0.4 is 10.2 Å². The standard InChI is InChI=1S/C18H29N5O/c1-19-16-5-4-9-21(15-16)10-7-18(24)23-13-11-22(12-14-23)17-6-2-3-8-20-17/h2-3,6,8,16,19H,4-5,7,9-15H2,1H3. The van der Waals surface area contributed by atoms with Gasteiger partial charge in [-0.05, 0) is 38.6 Å². The minimum Gasteiger partial charge on any atom is -0.353 e. The summed E-state index contributed by atoms with van der Waals surface area (Å²) in [6, 6.07) is 6.56. The van der Waals surface area contributed by atoms with Crippen LogP contribution in [-0.4, -0.2) is 79.6 Å². The van der Waals surface area contributed by atoms with E-state index in [1.165, 1.54) is 12.8 Å². The topological polar surface area (TPSA) is 51.7 Å². The number of likely N-dealkylation sites (N-methyl/N-ethyl adjacent to an activating group) is 1. The van der Waals surface area contributed by atoms with Crippen LogP contribution in [0.25, 0.3) is 0 Å². The van der Waals surface area contributed by atoms with E-state index >= 15 is 0 Å². The number of piperidine rings is 1. The molecule has 132 valence electrons. The number of amides is 1. The van der Waals surface area contributed by atoms with Gasteiger partial charge in [0.2, 0.25) is 5.91 Å². The van der Waals surface area contributed by atoms with Gasteiger partial charge in [0.05, 0.1) is 0 Å². The molecule has 1 unspecified atom stereocenters. The summed E-state index contributed by atoms with van der Waals surface area (Å²) in [5, 5.41) is 3.36. The highest BCUT2D eigenvalue weighted by molar-refractivity contribution is 5.76. The van der Waals surface area contributed by atoms with E-state index in [0.29, 0.717) is 18.4 Å². The van der Waals surface area contributed by atoms with Gasteiger partial charge < -0.3 is 20.0 Å². The van der Waals surface area contributed by atoms with Crippen LogP contribution in [0, 0.1) is 0 Å². The summed E-state index contributed by atoms with van der Waals surface area (Å²) >= 11 is 0. The monoisotopic (exact) mass is 331 g/mol. The lowest BCUT2D eigenvalue weighted by molar-refractivity contribution is -0.131. The van der Waals surface area contributed by atoms with Crippen molar-refractivity contribution in [3.8, 4) is 0 Å². The van der Waals surface area contributed by atoms with Gasteiger partial charge in [-0.25, -0.2) is 4.98 Å². The second-order valence-electron chi connectivity index (χ2n) is 6.73. The molecule has 1 N–H and O–H groups in total. The fourth-order valence-electron chi connectivity index (χ4n) is 3.63. The molecule has 0 spiro atoms. The van der Waals surface area contributed by atoms with E-state index in [4.69, 9.17) is 0 Å². The molecule has 1 atom stereocenters. The Bertz CT molecular complexity index is 515. The van der Waals surface area contributed by atoms with Crippen LogP contribution in [-0.2, 0) is 4.79 Å². The highest BCUT2D eigenvalue weighted by atomic mass is 16.2. The van der Waals surface area contributed by atoms with Crippen molar-refractivity contribution in [1.29, 1.82) is 0 Å². The summed E-state index contributed by atoms with van der Waals surface area (Å²) in [5.41, 5.74) is 0. The van der Waals surface area contributed by atoms with Gasteiger partial charge in [-0.15, -0.1) is 0 Å². The molecule has 6 nitrogen and oxygen atoms in total. The van der Waals surface area contributed by atoms with Gasteiger partial charge in [-0.2, -0.15) is 0 Å². The fourth-order valence-corrected chi connectivity index (χ4v) is 3.63. The molecule has 24 heavy (non-hydrogen) atoms. The van der Waals surface area contributed by atoms with Crippen molar-refractivity contribution in [2.45, 2.75) is 25.3 Å². The quantitative estimate of drug-likeness (QED) is 0.865. The zero-order valence-electron chi connectivity index (χ0n) is 14.7. The number of anilines is 1. The zero-order chi connectivity index (χ0) is 16.8. The average molecular weight is 331 g/mol. The second-order valence-corrected chi connectivity index (χ2v) is 6.73. The van der Waals surface area contributed by atoms with Gasteiger partial charge in [-0.3, -0.25) is 4.79 Å². The number of hydrogen-bond donors (Lipinski definition) is 1. The number of pyridine rings is 1. The Morgan fingerprint density at radius 1 is 1.25 bits per heavy atom. The van der Waals surface area contributed by atoms with E-state index in [9.17, 15) is 4.79 Å². The van der Waals surface area contributed by atoms with Crippen molar-refractivity contribution < 1.29 is 4.79 Å². The summed E-state index contributed by atoms with van der Waals surface area (Å²) in [4.78, 5) is 23.6. The van der Waals surface area contributed by atoms with Gasteiger partial charge >= 0.3 is 0 Å². The maximum absolute atomic E-state index is 12.5. The third kappa shape index (κ3) is 4.45. The minimum absolute atomic E-state index is 0.294. The van der Waals surface area contributed by atoms with Crippen molar-refractivity contribution in [3.05, 3.63) is 24.4 Å². The molecule has 6 heteroatoms. The van der Waals surface area contributed by atoms with Crippen molar-refractivity contribution in [2.75, 3.05) is 57.8 Å². The highest BCUT2D eigenvalue weighted by Crippen LogP contribution is 2.14. The predicted octanol–water partition coefficient (Wildman–Crippen LogP) is 0.804. The summed E-state index contributed by atoms with van der Waals surface area (Å²) in [7, 11) is 2.03. The molecule has 2 aliphatic heterocycles. The van der Waals surface area contributed by atoms with Crippen molar-refractivity contribution >= 4 is 11.7 Å². The van der Waals surface area contributed by atoms with Gasteiger partial charge in [0.1, 0.15) is 5.82 Å². The van der Waals surface area contributed by atoms with E-state index in [-0.39, 0.29) is 0 Å². The highest BCUT2D eigenvalue weighted by Gasteiger charge is 2.23. The van der Waals surface area contributed by atoms with Crippen LogP contribution in [0.4, 0.5) is 5.82 Å². The largest absolute Gasteiger partial charge is 0.353 e. The lowest BCUT2D eigenvalue weighted by atomic mass is 10.1. The molecule has 1 aromatic rings. The van der Waals surface area contributed by atoms with E-state index in [1.807, 2.05) is 36.3 Å². The van der Waals surface area contributed by atoms with Crippen molar-refractivity contribution in [2.24, 2.45) is 0 Å². The Labute approximate surface area is 144 Å². The van der Waals surface area contributed by atoms with Crippen LogP contribution in [0.2, 0.25) is 0 Å². The zero-order valence-corrected chi connectivity index (χ0v) is 14.7. The first kappa shape index (κ1) is 17.2. The number of carbonyl (C=O) groups is 1. The predicted molar refractivity (Wildman–Crippen MR) is 96.2 cm³/mol. The van der Waals surface area contributed by atoms with Crippen molar-refractivity contribution in [1.82, 2.24) is 20.1 Å². The average Bonchev–Trinajstić information content (AvgIpc) is 2.67. The molecule has 1 amide bonds. The molecule has 0 bridgehead atoms. The third-order valence-electron chi connectivity index (χ3n) is 5.16. The van der Waals surface area contributed by atoms with Crippen LogP contribution in [0.3, 0.4) is 0 Å². The number of aromatic nitrogens is 1. The van der Waals surface area contributed by atoms with Gasteiger partial charge in [0.15, 0.2) is 0 Å². The molecule has 0 aromatic carbocycles. The maximum Gasteiger partial charge on any atom is 0.223 e. The number of piperazine rings is 1. The third-order valence-corrected chi connectivity index (χ3v) is 5.16. The first-order valence-electron chi connectivity index (χ1n) is 9.09. The SMILES string of the molecule is CNC1CCCN(CCC(=O)N2CCN(c3ccccn3)CC2)C1. The number of carbonyl (C=O) groups excluding carboxylic acids is 1. The molecule has 3 heterocycles. The maximum atomic E-state index is 12.5. The van der Waals surface area contributed by atoms with Crippen LogP contribution in [0.15, 0.2) is 24.4 Å². The molecule has 3 rings (SSSR count). The van der Waals surface area contributed by atoms with Crippen LogP contribution in [0.5, 0.6) is 0 Å². The Hall–Kier alpha value is -1.66. The molecule has 2 fully saturated rings. The molecule has 0 saturated carbocycles. The first-order chi connectivity index (χ1) is 11.8. The number of likely N-dealkylation sites (tertiary alicyclic amines) is 1. The molecule has 0 aliphatic carbocycles. The molecule has 2 saturated heterocycles. The second kappa shape index (κ2) is 8.44. The number of nitrogens with one attached hydrogen (secondary N) is 1. The lowest BCUT2D eigenvalue weighted by Crippen LogP contribution is -2.50. The molecule has 1 aromatic heterocycles. The molecule has 2 aliphatic rings. The normalized spacial score (nSPS) is 22.6. The number of hydrogen-bond acceptors (Lipinski definition) is 5. The summed E-state index contributed by atoms with van der Waals surface area (Å²) in [6.45, 7) is 6.42. The van der Waals surface area contributed by atoms with Crippen LogP contribution >= 0.6 is 0 Å². The van der Waals surface area contributed by atoms with Gasteiger partial charge in [0.25, 0.3) is 0 Å². The Kier molecular flexibility index (Phi) is 6.04. The van der Waals surface area contributed by atoms with Gasteiger partial charge in [-0.1, -0.05) is 6.07 Å². The Balaban J connectivity index is 1.41. The Morgan fingerprint density at radius 2 is 2.08 bits per heavy atom.